The summed E-state index contributed by atoms with van der Waals surface area (Å²) in [5.41, 5.74) is 3.40. The Kier molecular flexibility index (Phi) is 2.68. The minimum atomic E-state index is 0. The van der Waals surface area contributed by atoms with Gasteiger partial charge in [0.05, 0.1) is 11.4 Å². The molecule has 0 fully saturated rings. The van der Waals surface area contributed by atoms with Gasteiger partial charge in [0.2, 0.25) is 0 Å². The highest BCUT2D eigenvalue weighted by Crippen LogP contribution is 2.32. The van der Waals surface area contributed by atoms with Crippen LogP contribution in [0.1, 0.15) is 1.43 Å². The van der Waals surface area contributed by atoms with Crippen molar-refractivity contribution in [1.82, 2.24) is 0 Å². The number of ether oxygens (including phenoxy) is 1. The number of hydrogen-bond acceptors (Lipinski definition) is 3. The molecule has 0 aliphatic carbocycles. The van der Waals surface area contributed by atoms with E-state index in [0.717, 1.165) is 17.1 Å². The summed E-state index contributed by atoms with van der Waals surface area (Å²) in [4.78, 5) is 2.16. The molecule has 0 bridgehead atoms. The molecule has 0 aromatic heterocycles. The second-order valence-electron chi connectivity index (χ2n) is 3.94. The summed E-state index contributed by atoms with van der Waals surface area (Å²) in [6, 6.07) is 18.5. The monoisotopic (exact) mass is 228 g/mol. The average molecular weight is 228 g/mol. The van der Waals surface area contributed by atoms with Crippen molar-refractivity contribution in [2.75, 3.05) is 23.7 Å². The van der Waals surface area contributed by atoms with E-state index < -0.39 is 0 Å². The molecule has 3 nitrogen and oxygen atoms in total. The van der Waals surface area contributed by atoms with Gasteiger partial charge in [-0.05, 0) is 24.3 Å². The molecule has 0 atom stereocenters. The summed E-state index contributed by atoms with van der Waals surface area (Å²) in [6.07, 6.45) is 0. The van der Waals surface area contributed by atoms with Crippen LogP contribution < -0.4 is 10.2 Å². The molecule has 2 aromatic carbocycles. The van der Waals surface area contributed by atoms with Crippen LogP contribution in [0.15, 0.2) is 54.6 Å². The van der Waals surface area contributed by atoms with Gasteiger partial charge < -0.3 is 15.0 Å². The Bertz CT molecular complexity index is 504. The molecule has 1 heterocycles. The van der Waals surface area contributed by atoms with Gasteiger partial charge in [0.25, 0.3) is 0 Å². The third kappa shape index (κ3) is 1.97. The number of rotatable bonds is 1. The van der Waals surface area contributed by atoms with Gasteiger partial charge in [0.15, 0.2) is 0 Å². The number of nitrogens with one attached hydrogen (secondary N) is 1. The summed E-state index contributed by atoms with van der Waals surface area (Å²) in [5.74, 6) is 0. The van der Waals surface area contributed by atoms with E-state index in [1.807, 2.05) is 30.3 Å². The van der Waals surface area contributed by atoms with E-state index >= 15 is 0 Å². The predicted octanol–water partition coefficient (Wildman–Crippen LogP) is 3.43. The molecule has 1 aliphatic heterocycles. The van der Waals surface area contributed by atoms with Gasteiger partial charge in [-0.1, -0.05) is 30.3 Å². The Balaban J connectivity index is 0.00000120. The van der Waals surface area contributed by atoms with Gasteiger partial charge in [0.1, 0.15) is 13.5 Å². The lowest BCUT2D eigenvalue weighted by atomic mass is 10.2. The average Bonchev–Trinajstić information content (AvgIpc) is 2.62. The maximum absolute atomic E-state index is 5.56. The fraction of sp³-hybridized carbons (Fsp3) is 0.143. The molecule has 3 rings (SSSR count). The van der Waals surface area contributed by atoms with Crippen molar-refractivity contribution in [3.8, 4) is 0 Å². The number of para-hydroxylation sites is 3. The third-order valence-corrected chi connectivity index (χ3v) is 2.85. The van der Waals surface area contributed by atoms with Crippen LogP contribution >= 0.6 is 0 Å². The van der Waals surface area contributed by atoms with Crippen LogP contribution in [0.5, 0.6) is 0 Å². The molecule has 17 heavy (non-hydrogen) atoms. The van der Waals surface area contributed by atoms with Crippen LogP contribution in [0.25, 0.3) is 0 Å². The summed E-state index contributed by atoms with van der Waals surface area (Å²) in [7, 11) is 0. The predicted molar refractivity (Wildman–Crippen MR) is 71.6 cm³/mol. The zero-order chi connectivity index (χ0) is 11.5. The molecule has 1 N–H and O–H groups in total. The van der Waals surface area contributed by atoms with Gasteiger partial charge in [0, 0.05) is 7.11 Å². The maximum atomic E-state index is 5.56. The van der Waals surface area contributed by atoms with Crippen LogP contribution in [-0.4, -0.2) is 13.5 Å². The first-order valence-electron chi connectivity index (χ1n) is 5.68. The molecule has 0 spiro atoms. The number of hydrogen-bond donors (Lipinski definition) is 1. The lowest BCUT2D eigenvalue weighted by Gasteiger charge is -2.23. The lowest BCUT2D eigenvalue weighted by molar-refractivity contribution is 0.162. The van der Waals surface area contributed by atoms with Crippen LogP contribution in [0.3, 0.4) is 0 Å². The number of anilines is 3. The fourth-order valence-electron chi connectivity index (χ4n) is 2.02. The van der Waals surface area contributed by atoms with E-state index in [4.69, 9.17) is 4.74 Å². The van der Waals surface area contributed by atoms with E-state index in [-0.39, 0.29) is 1.43 Å². The highest BCUT2D eigenvalue weighted by atomic mass is 16.5. The molecule has 0 unspecified atom stereocenters. The molecule has 0 radical (unpaired) electrons. The first-order chi connectivity index (χ1) is 8.45. The number of nitrogens with zero attached hydrogens (tertiary/aromatic N) is 1. The molecular weight excluding hydrogens is 212 g/mol. The summed E-state index contributed by atoms with van der Waals surface area (Å²) in [5, 5.41) is 3.26. The SMILES string of the molecule is [HH].c1ccc(N2COCNc3ccccc32)cc1. The van der Waals surface area contributed by atoms with E-state index in [0.29, 0.717) is 13.5 Å². The largest absolute Gasteiger partial charge is 0.361 e. The number of benzene rings is 2. The standard InChI is InChI=1S/C14H14N2O.H2/c1-2-6-12(7-3-1)16-11-17-10-15-13-8-4-5-9-14(13)16;/h1-9,15H,10-11H2;1H. The molecule has 0 saturated heterocycles. The zero-order valence-corrected chi connectivity index (χ0v) is 9.47. The highest BCUT2D eigenvalue weighted by molar-refractivity contribution is 5.76. The number of fused-ring (bicyclic) bond motifs is 1. The molecule has 2 aromatic rings. The molecular formula is C14H16N2O. The Morgan fingerprint density at radius 3 is 2.65 bits per heavy atom. The molecule has 3 heteroatoms. The molecule has 88 valence electrons. The maximum Gasteiger partial charge on any atom is 0.125 e. The van der Waals surface area contributed by atoms with E-state index in [1.165, 1.54) is 0 Å². The summed E-state index contributed by atoms with van der Waals surface area (Å²) < 4.78 is 5.56. The van der Waals surface area contributed by atoms with Crippen molar-refractivity contribution in [3.05, 3.63) is 54.6 Å². The van der Waals surface area contributed by atoms with Crippen LogP contribution in [0.4, 0.5) is 17.1 Å². The summed E-state index contributed by atoms with van der Waals surface area (Å²) >= 11 is 0. The quantitative estimate of drug-likeness (QED) is 0.809. The Hall–Kier alpha value is -2.00. The zero-order valence-electron chi connectivity index (χ0n) is 9.47. The molecule has 0 amide bonds. The first kappa shape index (κ1) is 10.2. The van der Waals surface area contributed by atoms with Gasteiger partial charge in [-0.15, -0.1) is 0 Å². The Morgan fingerprint density at radius 2 is 1.76 bits per heavy atom. The van der Waals surface area contributed by atoms with E-state index in [9.17, 15) is 0 Å². The third-order valence-electron chi connectivity index (χ3n) is 2.85. The molecule has 0 saturated carbocycles. The lowest BCUT2D eigenvalue weighted by Crippen LogP contribution is -2.19. The van der Waals surface area contributed by atoms with Crippen molar-refractivity contribution in [1.29, 1.82) is 0 Å². The van der Waals surface area contributed by atoms with Crippen molar-refractivity contribution in [2.24, 2.45) is 0 Å². The Labute approximate surface area is 102 Å². The van der Waals surface area contributed by atoms with Crippen molar-refractivity contribution in [3.63, 3.8) is 0 Å². The molecule has 1 aliphatic rings. The second kappa shape index (κ2) is 4.47. The smallest absolute Gasteiger partial charge is 0.125 e. The van der Waals surface area contributed by atoms with Gasteiger partial charge in [-0.2, -0.15) is 0 Å². The van der Waals surface area contributed by atoms with Crippen molar-refractivity contribution in [2.45, 2.75) is 0 Å². The van der Waals surface area contributed by atoms with Crippen molar-refractivity contribution < 1.29 is 6.16 Å². The fourth-order valence-corrected chi connectivity index (χ4v) is 2.02. The van der Waals surface area contributed by atoms with Crippen molar-refractivity contribution >= 4 is 17.1 Å². The van der Waals surface area contributed by atoms with E-state index in [2.05, 4.69) is 34.5 Å². The minimum Gasteiger partial charge on any atom is -0.361 e. The van der Waals surface area contributed by atoms with Gasteiger partial charge in [-0.3, -0.25) is 0 Å². The normalized spacial score (nSPS) is 14.7. The Morgan fingerprint density at radius 1 is 1.00 bits per heavy atom. The first-order valence-corrected chi connectivity index (χ1v) is 5.68. The van der Waals surface area contributed by atoms with Gasteiger partial charge >= 0.3 is 0 Å². The second-order valence-corrected chi connectivity index (χ2v) is 3.94. The van der Waals surface area contributed by atoms with Gasteiger partial charge in [-0.25, -0.2) is 0 Å². The van der Waals surface area contributed by atoms with Crippen LogP contribution in [-0.2, 0) is 4.74 Å². The topological polar surface area (TPSA) is 24.5 Å². The summed E-state index contributed by atoms with van der Waals surface area (Å²) in [6.45, 7) is 1.11. The van der Waals surface area contributed by atoms with Crippen LogP contribution in [0, 0.1) is 0 Å². The highest BCUT2D eigenvalue weighted by Gasteiger charge is 2.15. The van der Waals surface area contributed by atoms with Crippen LogP contribution in [0.2, 0.25) is 0 Å². The van der Waals surface area contributed by atoms with E-state index in [1.54, 1.807) is 0 Å². The minimum absolute atomic E-state index is 0.